The Balaban J connectivity index is 0.000000364. The molecule has 1 rings (SSSR count). The van der Waals surface area contributed by atoms with E-state index in [9.17, 15) is 4.39 Å². The number of hydrogen-bond acceptors (Lipinski definition) is 2. The summed E-state index contributed by atoms with van der Waals surface area (Å²) in [5, 5.41) is 7.19. The van der Waals surface area contributed by atoms with Crippen molar-refractivity contribution in [2.75, 3.05) is 6.61 Å². The van der Waals surface area contributed by atoms with Crippen LogP contribution in [0.1, 0.15) is 6.92 Å². The van der Waals surface area contributed by atoms with E-state index in [0.29, 0.717) is 12.4 Å². The van der Waals surface area contributed by atoms with Gasteiger partial charge in [0.1, 0.15) is 11.6 Å². The number of benzene rings is 1. The Kier molecular flexibility index (Phi) is 5.85. The van der Waals surface area contributed by atoms with Crippen LogP contribution in [0.15, 0.2) is 24.3 Å². The standard InChI is InChI=1S/C8H9FO.CH3NO2/c1-2-10-8-5-3-7(9)4-6-8;2-1(3)4/h3-6H,2H2,1H3;2H2,(H,3,4). The SMILES string of the molecule is CCOc1ccc(F)cc1.NC(=O)O. The molecule has 4 nitrogen and oxygen atoms in total. The van der Waals surface area contributed by atoms with E-state index in [-0.39, 0.29) is 5.82 Å². The first-order valence-corrected chi connectivity index (χ1v) is 3.93. The van der Waals surface area contributed by atoms with E-state index in [4.69, 9.17) is 14.6 Å². The molecule has 5 heteroatoms. The van der Waals surface area contributed by atoms with Crippen LogP contribution in [-0.2, 0) is 0 Å². The minimum atomic E-state index is -1.33. The monoisotopic (exact) mass is 201 g/mol. The van der Waals surface area contributed by atoms with E-state index in [2.05, 4.69) is 5.73 Å². The van der Waals surface area contributed by atoms with Crippen LogP contribution in [-0.4, -0.2) is 17.8 Å². The normalized spacial score (nSPS) is 8.43. The lowest BCUT2D eigenvalue weighted by Crippen LogP contribution is -2.03. The van der Waals surface area contributed by atoms with Crippen molar-refractivity contribution in [2.45, 2.75) is 6.92 Å². The van der Waals surface area contributed by atoms with Gasteiger partial charge in [0.2, 0.25) is 0 Å². The molecule has 0 heterocycles. The summed E-state index contributed by atoms with van der Waals surface area (Å²) in [5.74, 6) is 0.479. The van der Waals surface area contributed by atoms with Crippen molar-refractivity contribution in [2.24, 2.45) is 5.73 Å². The van der Waals surface area contributed by atoms with Gasteiger partial charge in [-0.2, -0.15) is 0 Å². The molecule has 0 aliphatic carbocycles. The number of ether oxygens (including phenoxy) is 1. The summed E-state index contributed by atoms with van der Waals surface area (Å²) >= 11 is 0. The van der Waals surface area contributed by atoms with Gasteiger partial charge in [0.15, 0.2) is 0 Å². The van der Waals surface area contributed by atoms with Gasteiger partial charge in [0.25, 0.3) is 0 Å². The van der Waals surface area contributed by atoms with Crippen molar-refractivity contribution in [1.29, 1.82) is 0 Å². The molecular formula is C9H12FNO3. The second-order valence-corrected chi connectivity index (χ2v) is 2.23. The van der Waals surface area contributed by atoms with E-state index in [1.807, 2.05) is 6.92 Å². The van der Waals surface area contributed by atoms with Crippen molar-refractivity contribution < 1.29 is 19.0 Å². The average Bonchev–Trinajstić information content (AvgIpc) is 2.08. The number of rotatable bonds is 2. The topological polar surface area (TPSA) is 72.5 Å². The quantitative estimate of drug-likeness (QED) is 0.766. The molecule has 1 aromatic rings. The zero-order chi connectivity index (χ0) is 11.0. The molecular weight excluding hydrogens is 189 g/mol. The van der Waals surface area contributed by atoms with Gasteiger partial charge in [0, 0.05) is 0 Å². The molecule has 0 atom stereocenters. The van der Waals surface area contributed by atoms with Crippen LogP contribution >= 0.6 is 0 Å². The fourth-order valence-electron chi connectivity index (χ4n) is 0.697. The van der Waals surface area contributed by atoms with Gasteiger partial charge in [-0.3, -0.25) is 0 Å². The minimum absolute atomic E-state index is 0.233. The smallest absolute Gasteiger partial charge is 0.402 e. The molecule has 0 spiro atoms. The molecule has 3 N–H and O–H groups in total. The maximum atomic E-state index is 12.3. The first-order valence-electron chi connectivity index (χ1n) is 3.93. The molecule has 0 radical (unpaired) electrons. The van der Waals surface area contributed by atoms with Crippen molar-refractivity contribution in [3.05, 3.63) is 30.1 Å². The Morgan fingerprint density at radius 1 is 1.50 bits per heavy atom. The highest BCUT2D eigenvalue weighted by molar-refractivity contribution is 5.61. The molecule has 1 amide bonds. The summed E-state index contributed by atoms with van der Waals surface area (Å²) in [7, 11) is 0. The third kappa shape index (κ3) is 6.90. The van der Waals surface area contributed by atoms with Crippen molar-refractivity contribution in [3.63, 3.8) is 0 Å². The van der Waals surface area contributed by atoms with Gasteiger partial charge < -0.3 is 15.6 Å². The summed E-state index contributed by atoms with van der Waals surface area (Å²) in [4.78, 5) is 8.78. The summed E-state index contributed by atoms with van der Waals surface area (Å²) in [6.07, 6.45) is -1.33. The first-order chi connectivity index (χ1) is 6.56. The third-order valence-corrected chi connectivity index (χ3v) is 1.12. The highest BCUT2D eigenvalue weighted by atomic mass is 19.1. The Morgan fingerprint density at radius 3 is 2.29 bits per heavy atom. The maximum Gasteiger partial charge on any atom is 0.402 e. The van der Waals surface area contributed by atoms with Gasteiger partial charge in [0.05, 0.1) is 6.61 Å². The Hall–Kier alpha value is -1.78. The van der Waals surface area contributed by atoms with E-state index >= 15 is 0 Å². The van der Waals surface area contributed by atoms with E-state index in [1.54, 1.807) is 12.1 Å². The maximum absolute atomic E-state index is 12.3. The highest BCUT2D eigenvalue weighted by Crippen LogP contribution is 2.10. The van der Waals surface area contributed by atoms with Gasteiger partial charge in [-0.15, -0.1) is 0 Å². The molecule has 78 valence electrons. The average molecular weight is 201 g/mol. The fraction of sp³-hybridized carbons (Fsp3) is 0.222. The lowest BCUT2D eigenvalue weighted by molar-refractivity contribution is 0.205. The second kappa shape index (κ2) is 6.71. The Bertz CT molecular complexity index is 270. The zero-order valence-corrected chi connectivity index (χ0v) is 7.74. The Morgan fingerprint density at radius 2 is 1.93 bits per heavy atom. The van der Waals surface area contributed by atoms with Crippen molar-refractivity contribution in [3.8, 4) is 5.75 Å². The van der Waals surface area contributed by atoms with Crippen LogP contribution in [0.25, 0.3) is 0 Å². The van der Waals surface area contributed by atoms with Gasteiger partial charge in [-0.05, 0) is 31.2 Å². The van der Waals surface area contributed by atoms with Gasteiger partial charge in [-0.25, -0.2) is 9.18 Å². The number of nitrogens with two attached hydrogens (primary N) is 1. The van der Waals surface area contributed by atoms with Gasteiger partial charge >= 0.3 is 6.09 Å². The predicted octanol–water partition coefficient (Wildman–Crippen LogP) is 1.85. The molecule has 0 unspecified atom stereocenters. The Labute approximate surface area is 81.1 Å². The molecule has 0 aliphatic rings. The lowest BCUT2D eigenvalue weighted by atomic mass is 10.3. The molecule has 0 saturated carbocycles. The first kappa shape index (κ1) is 12.2. The van der Waals surface area contributed by atoms with Crippen molar-refractivity contribution >= 4 is 6.09 Å². The molecule has 0 fully saturated rings. The summed E-state index contributed by atoms with van der Waals surface area (Å²) in [6.45, 7) is 2.51. The molecule has 0 saturated heterocycles. The van der Waals surface area contributed by atoms with Crippen LogP contribution in [0.4, 0.5) is 9.18 Å². The number of amides is 1. The number of carbonyl (C=O) groups is 1. The summed E-state index contributed by atoms with van der Waals surface area (Å²) in [6, 6.07) is 5.98. The molecule has 1 aromatic carbocycles. The molecule has 14 heavy (non-hydrogen) atoms. The molecule has 0 aliphatic heterocycles. The zero-order valence-electron chi connectivity index (χ0n) is 7.74. The third-order valence-electron chi connectivity index (χ3n) is 1.12. The van der Waals surface area contributed by atoms with Crippen LogP contribution in [0.5, 0.6) is 5.75 Å². The minimum Gasteiger partial charge on any atom is -0.494 e. The van der Waals surface area contributed by atoms with Crippen LogP contribution < -0.4 is 10.5 Å². The molecule has 0 bridgehead atoms. The predicted molar refractivity (Wildman–Crippen MR) is 49.8 cm³/mol. The number of halogens is 1. The fourth-order valence-corrected chi connectivity index (χ4v) is 0.697. The summed E-state index contributed by atoms with van der Waals surface area (Å²) in [5.41, 5.74) is 4.03. The number of primary amides is 1. The number of carboxylic acid groups (broad SMARTS) is 1. The largest absolute Gasteiger partial charge is 0.494 e. The second-order valence-electron chi connectivity index (χ2n) is 2.23. The number of hydrogen-bond donors (Lipinski definition) is 2. The van der Waals surface area contributed by atoms with Crippen LogP contribution in [0, 0.1) is 5.82 Å². The van der Waals surface area contributed by atoms with Gasteiger partial charge in [-0.1, -0.05) is 0 Å². The van der Waals surface area contributed by atoms with Crippen LogP contribution in [0.3, 0.4) is 0 Å². The highest BCUT2D eigenvalue weighted by Gasteiger charge is 1.90. The van der Waals surface area contributed by atoms with E-state index in [1.165, 1.54) is 12.1 Å². The van der Waals surface area contributed by atoms with E-state index < -0.39 is 6.09 Å². The summed E-state index contributed by atoms with van der Waals surface area (Å²) < 4.78 is 17.4. The van der Waals surface area contributed by atoms with Crippen molar-refractivity contribution in [1.82, 2.24) is 0 Å². The lowest BCUT2D eigenvalue weighted by Gasteiger charge is -2.00. The van der Waals surface area contributed by atoms with Crippen LogP contribution in [0.2, 0.25) is 0 Å². The molecule has 0 aromatic heterocycles. The van der Waals surface area contributed by atoms with E-state index in [0.717, 1.165) is 0 Å².